The van der Waals surface area contributed by atoms with Crippen LogP contribution < -0.4 is 10.6 Å². The third kappa shape index (κ3) is 3.18. The molecule has 0 aliphatic carbocycles. The average Bonchev–Trinajstić information content (AvgIpc) is 2.44. The van der Waals surface area contributed by atoms with Crippen LogP contribution in [0.4, 0.5) is 0 Å². The molecule has 0 radical (unpaired) electrons. The number of likely N-dealkylation sites (N-methyl/N-ethyl adjacent to an activating group) is 1. The molecule has 2 N–H and O–H groups in total. The van der Waals surface area contributed by atoms with Crippen molar-refractivity contribution in [3.8, 4) is 0 Å². The van der Waals surface area contributed by atoms with Gasteiger partial charge in [0.05, 0.1) is 11.4 Å². The second-order valence-electron chi connectivity index (χ2n) is 5.32. The molecule has 0 saturated carbocycles. The van der Waals surface area contributed by atoms with E-state index in [2.05, 4.69) is 44.1 Å². The van der Waals surface area contributed by atoms with Crippen LogP contribution in [0, 0.1) is 5.41 Å². The highest BCUT2D eigenvalue weighted by atomic mass is 15.0. The van der Waals surface area contributed by atoms with E-state index in [9.17, 15) is 0 Å². The fourth-order valence-electron chi connectivity index (χ4n) is 2.59. The van der Waals surface area contributed by atoms with E-state index in [0.717, 1.165) is 12.1 Å². The molecule has 2 nitrogen and oxygen atoms in total. The van der Waals surface area contributed by atoms with Crippen LogP contribution in [0.1, 0.15) is 46.5 Å². The molecule has 1 aliphatic heterocycles. The van der Waals surface area contributed by atoms with Crippen LogP contribution in [-0.4, -0.2) is 13.1 Å². The zero-order valence-electron chi connectivity index (χ0n) is 12.3. The lowest BCUT2D eigenvalue weighted by atomic mass is 9.74. The lowest BCUT2D eigenvalue weighted by molar-refractivity contribution is 0.193. The van der Waals surface area contributed by atoms with Crippen molar-refractivity contribution in [2.45, 2.75) is 52.5 Å². The topological polar surface area (TPSA) is 24.1 Å². The van der Waals surface area contributed by atoms with Crippen molar-refractivity contribution in [1.29, 1.82) is 0 Å². The highest BCUT2D eigenvalue weighted by molar-refractivity contribution is 5.32. The summed E-state index contributed by atoms with van der Waals surface area (Å²) in [5.41, 5.74) is 2.73. The third-order valence-electron chi connectivity index (χ3n) is 4.43. The van der Waals surface area contributed by atoms with Gasteiger partial charge >= 0.3 is 0 Å². The predicted molar refractivity (Wildman–Crippen MR) is 80.3 cm³/mol. The van der Waals surface area contributed by atoms with Crippen molar-refractivity contribution in [3.05, 3.63) is 36.2 Å². The minimum absolute atomic E-state index is 0.381. The van der Waals surface area contributed by atoms with Gasteiger partial charge < -0.3 is 10.6 Å². The van der Waals surface area contributed by atoms with E-state index in [1.54, 1.807) is 0 Å². The molecule has 1 rings (SSSR count). The summed E-state index contributed by atoms with van der Waals surface area (Å²) in [6.45, 7) is 10.8. The molecule has 1 aliphatic rings. The Labute approximate surface area is 112 Å². The fraction of sp³-hybridized carbons (Fsp3) is 0.625. The van der Waals surface area contributed by atoms with E-state index in [1.165, 1.54) is 25.0 Å². The Balaban J connectivity index is 2.86. The Morgan fingerprint density at radius 3 is 2.72 bits per heavy atom. The van der Waals surface area contributed by atoms with Gasteiger partial charge in [0.25, 0.3) is 0 Å². The number of nitrogens with one attached hydrogen (secondary N) is 2. The molecule has 0 aromatic carbocycles. The highest BCUT2D eigenvalue weighted by Crippen LogP contribution is 2.35. The molecule has 0 saturated heterocycles. The summed E-state index contributed by atoms with van der Waals surface area (Å²) >= 11 is 0. The summed E-state index contributed by atoms with van der Waals surface area (Å²) in [5, 5.41) is 6.95. The van der Waals surface area contributed by atoms with Gasteiger partial charge in [0.1, 0.15) is 0 Å². The van der Waals surface area contributed by atoms with Crippen molar-refractivity contribution >= 4 is 0 Å². The molecule has 1 atom stereocenters. The zero-order valence-corrected chi connectivity index (χ0v) is 12.3. The van der Waals surface area contributed by atoms with E-state index in [1.807, 2.05) is 19.2 Å². The zero-order chi connectivity index (χ0) is 13.6. The Morgan fingerprint density at radius 2 is 2.22 bits per heavy atom. The molecule has 0 fully saturated rings. The Bertz CT molecular complexity index is 335. The Kier molecular flexibility index (Phi) is 5.52. The second kappa shape index (κ2) is 6.67. The largest absolute Gasteiger partial charge is 0.386 e. The maximum absolute atomic E-state index is 3.77. The van der Waals surface area contributed by atoms with E-state index in [4.69, 9.17) is 0 Å². The quantitative estimate of drug-likeness (QED) is 0.700. The summed E-state index contributed by atoms with van der Waals surface area (Å²) < 4.78 is 0. The fourth-order valence-corrected chi connectivity index (χ4v) is 2.59. The normalized spacial score (nSPS) is 21.0. The van der Waals surface area contributed by atoms with Crippen molar-refractivity contribution in [2.75, 3.05) is 7.05 Å². The van der Waals surface area contributed by atoms with Crippen molar-refractivity contribution < 1.29 is 0 Å². The van der Waals surface area contributed by atoms with E-state index in [0.29, 0.717) is 11.5 Å². The maximum Gasteiger partial charge on any atom is 0.0569 e. The first kappa shape index (κ1) is 14.9. The first-order chi connectivity index (χ1) is 8.61. The Hall–Kier alpha value is -1.18. The van der Waals surface area contributed by atoms with Crippen molar-refractivity contribution in [1.82, 2.24) is 10.6 Å². The molecular weight excluding hydrogens is 220 g/mol. The Morgan fingerprint density at radius 1 is 1.56 bits per heavy atom. The standard InChI is InChI=1S/C16H28N2/c1-6-10-13(17-5)14-11-9-12-15(18-14)16(4,7-2)8-3/h6,10-11,15,17-18H,1,7-9,12H2,2-5H3/b13-10-/t15-/m0/s1. The van der Waals surface area contributed by atoms with Gasteiger partial charge in [-0.2, -0.15) is 0 Å². The number of hydrogen-bond acceptors (Lipinski definition) is 2. The molecule has 0 amide bonds. The van der Waals surface area contributed by atoms with Crippen LogP contribution in [0.3, 0.4) is 0 Å². The first-order valence-electron chi connectivity index (χ1n) is 7.08. The lowest BCUT2D eigenvalue weighted by Crippen LogP contribution is -2.45. The summed E-state index contributed by atoms with van der Waals surface area (Å²) in [5.74, 6) is 0. The smallest absolute Gasteiger partial charge is 0.0569 e. The molecule has 0 bridgehead atoms. The molecule has 1 heterocycles. The van der Waals surface area contributed by atoms with Crippen molar-refractivity contribution in [2.24, 2.45) is 5.41 Å². The number of allylic oxidation sites excluding steroid dienone is 3. The van der Waals surface area contributed by atoms with Gasteiger partial charge in [-0.05, 0) is 37.2 Å². The van der Waals surface area contributed by atoms with E-state index >= 15 is 0 Å². The minimum atomic E-state index is 0.381. The van der Waals surface area contributed by atoms with Crippen molar-refractivity contribution in [3.63, 3.8) is 0 Å². The van der Waals surface area contributed by atoms with Crippen LogP contribution in [-0.2, 0) is 0 Å². The first-order valence-corrected chi connectivity index (χ1v) is 7.08. The van der Waals surface area contributed by atoms with Gasteiger partial charge in [-0.3, -0.25) is 0 Å². The van der Waals surface area contributed by atoms with Crippen LogP contribution in [0.2, 0.25) is 0 Å². The third-order valence-corrected chi connectivity index (χ3v) is 4.43. The molecular formula is C16H28N2. The number of rotatable bonds is 6. The summed E-state index contributed by atoms with van der Waals surface area (Å²) in [6.07, 6.45) is 11.0. The summed E-state index contributed by atoms with van der Waals surface area (Å²) in [6, 6.07) is 0.564. The second-order valence-corrected chi connectivity index (χ2v) is 5.32. The highest BCUT2D eigenvalue weighted by Gasteiger charge is 2.32. The molecule has 0 spiro atoms. The summed E-state index contributed by atoms with van der Waals surface area (Å²) in [4.78, 5) is 0. The van der Waals surface area contributed by atoms with Gasteiger partial charge in [0.15, 0.2) is 0 Å². The predicted octanol–water partition coefficient (Wildman–Crippen LogP) is 3.74. The van der Waals surface area contributed by atoms with Gasteiger partial charge in [-0.15, -0.1) is 0 Å². The molecule has 102 valence electrons. The SMILES string of the molecule is C=C/C=C(\NC)C1=CCC[C@@H](C(C)(CC)CC)N1. The number of hydrogen-bond donors (Lipinski definition) is 2. The van der Waals surface area contributed by atoms with E-state index in [-0.39, 0.29) is 0 Å². The molecule has 18 heavy (non-hydrogen) atoms. The van der Waals surface area contributed by atoms with Gasteiger partial charge in [-0.1, -0.05) is 39.5 Å². The average molecular weight is 248 g/mol. The van der Waals surface area contributed by atoms with E-state index < -0.39 is 0 Å². The van der Waals surface area contributed by atoms with Crippen LogP contribution in [0.15, 0.2) is 36.2 Å². The van der Waals surface area contributed by atoms with Gasteiger partial charge in [0.2, 0.25) is 0 Å². The maximum atomic E-state index is 3.77. The molecule has 2 heteroatoms. The molecule has 0 unspecified atom stereocenters. The van der Waals surface area contributed by atoms with Gasteiger partial charge in [-0.25, -0.2) is 0 Å². The monoisotopic (exact) mass is 248 g/mol. The van der Waals surface area contributed by atoms with Crippen LogP contribution >= 0.6 is 0 Å². The molecule has 0 aromatic heterocycles. The van der Waals surface area contributed by atoms with Crippen LogP contribution in [0.25, 0.3) is 0 Å². The van der Waals surface area contributed by atoms with Gasteiger partial charge in [0, 0.05) is 13.1 Å². The summed E-state index contributed by atoms with van der Waals surface area (Å²) in [7, 11) is 1.96. The lowest BCUT2D eigenvalue weighted by Gasteiger charge is -2.40. The minimum Gasteiger partial charge on any atom is -0.386 e. The van der Waals surface area contributed by atoms with Crippen LogP contribution in [0.5, 0.6) is 0 Å². The molecule has 0 aromatic rings.